The van der Waals surface area contributed by atoms with Gasteiger partial charge < -0.3 is 30.2 Å². The maximum absolute atomic E-state index is 14.0. The SMILES string of the molecule is O=C(N[C@H]1CCCCC/C=C\C2C[C@@]2(C(=O)O)NC(=O)[C@@H]2C[C@@H](O/N=C/c3ccccc3F)CN2C1=O)OC1CCCC1. The molecule has 0 spiro atoms. The van der Waals surface area contributed by atoms with Gasteiger partial charge >= 0.3 is 12.1 Å². The number of fused-ring (bicyclic) bond motifs is 2. The smallest absolute Gasteiger partial charge is 0.408 e. The molecule has 12 heteroatoms. The van der Waals surface area contributed by atoms with Crippen molar-refractivity contribution < 1.29 is 38.2 Å². The van der Waals surface area contributed by atoms with Crippen LogP contribution < -0.4 is 10.6 Å². The lowest BCUT2D eigenvalue weighted by Crippen LogP contribution is -2.56. The summed E-state index contributed by atoms with van der Waals surface area (Å²) in [5.74, 6) is -3.04. The minimum atomic E-state index is -1.44. The van der Waals surface area contributed by atoms with Crippen molar-refractivity contribution in [2.24, 2.45) is 11.1 Å². The number of carbonyl (C=O) groups excluding carboxylic acids is 3. The number of carbonyl (C=O) groups is 4. The highest BCUT2D eigenvalue weighted by Crippen LogP contribution is 2.45. The standard InChI is InChI=1S/C31H39FN4O7/c32-24-14-9-6-10-20(24)18-33-43-23-16-26-27(37)35-31(29(39)40)17-21(31)11-4-2-1-3-5-15-25(28(38)36(26)19-23)34-30(41)42-22-12-7-8-13-22/h4,6,9-11,14,18,21-23,25-26H,1-3,5,7-8,12-13,15-17,19H2,(H,34,41)(H,35,37)(H,39,40)/b11-4-,33-18+/t21?,23-,25+,26+,31-/m1/s1. The second-order valence-electron chi connectivity index (χ2n) is 11.9. The van der Waals surface area contributed by atoms with Crippen LogP contribution >= 0.6 is 0 Å². The van der Waals surface area contributed by atoms with Crippen molar-refractivity contribution in [1.29, 1.82) is 0 Å². The number of hydrogen-bond donors (Lipinski definition) is 3. The number of nitrogens with one attached hydrogen (secondary N) is 2. The zero-order valence-electron chi connectivity index (χ0n) is 24.1. The lowest BCUT2D eigenvalue weighted by molar-refractivity contribution is -0.145. The zero-order valence-corrected chi connectivity index (χ0v) is 24.1. The molecule has 3 N–H and O–H groups in total. The maximum Gasteiger partial charge on any atom is 0.408 e. The van der Waals surface area contributed by atoms with E-state index >= 15 is 0 Å². The second kappa shape index (κ2) is 13.6. The van der Waals surface area contributed by atoms with Gasteiger partial charge in [-0.1, -0.05) is 48.3 Å². The molecule has 0 aromatic heterocycles. The van der Waals surface area contributed by atoms with Crippen molar-refractivity contribution in [1.82, 2.24) is 15.5 Å². The molecule has 4 aliphatic rings. The van der Waals surface area contributed by atoms with Crippen LogP contribution in [-0.2, 0) is 24.0 Å². The Morgan fingerprint density at radius 1 is 1.09 bits per heavy atom. The van der Waals surface area contributed by atoms with Gasteiger partial charge in [0.25, 0.3) is 0 Å². The maximum atomic E-state index is 14.0. The van der Waals surface area contributed by atoms with Gasteiger partial charge in [-0.05, 0) is 57.4 Å². The van der Waals surface area contributed by atoms with Gasteiger partial charge in [-0.15, -0.1) is 0 Å². The van der Waals surface area contributed by atoms with Crippen LogP contribution in [-0.4, -0.2) is 76.5 Å². The topological polar surface area (TPSA) is 147 Å². The van der Waals surface area contributed by atoms with Crippen LogP contribution in [0.5, 0.6) is 0 Å². The minimum absolute atomic E-state index is 0.0230. The monoisotopic (exact) mass is 598 g/mol. The Balaban J connectivity index is 1.36. The fourth-order valence-electron chi connectivity index (χ4n) is 6.22. The van der Waals surface area contributed by atoms with Gasteiger partial charge in [0.15, 0.2) is 0 Å². The van der Waals surface area contributed by atoms with E-state index in [1.807, 2.05) is 12.2 Å². The van der Waals surface area contributed by atoms with Gasteiger partial charge in [0, 0.05) is 17.9 Å². The third-order valence-corrected chi connectivity index (χ3v) is 8.80. The quantitative estimate of drug-likeness (QED) is 0.257. The normalized spacial score (nSPS) is 30.9. The molecule has 1 unspecified atom stereocenters. The number of halogens is 1. The lowest BCUT2D eigenvalue weighted by atomic mass is 10.0. The first-order valence-corrected chi connectivity index (χ1v) is 15.2. The Labute approximate surface area is 249 Å². The van der Waals surface area contributed by atoms with Crippen LogP contribution in [0.15, 0.2) is 41.6 Å². The molecular formula is C31H39FN4O7. The van der Waals surface area contributed by atoms with E-state index in [2.05, 4.69) is 15.8 Å². The number of rotatable bonds is 6. The highest BCUT2D eigenvalue weighted by Gasteiger charge is 2.61. The number of benzene rings is 1. The van der Waals surface area contributed by atoms with Crippen molar-refractivity contribution in [2.45, 2.75) is 100 Å². The molecule has 11 nitrogen and oxygen atoms in total. The van der Waals surface area contributed by atoms with Crippen LogP contribution in [0.3, 0.4) is 0 Å². The molecule has 2 aliphatic heterocycles. The molecule has 43 heavy (non-hydrogen) atoms. The number of allylic oxidation sites excluding steroid dienone is 1. The van der Waals surface area contributed by atoms with Crippen molar-refractivity contribution in [3.8, 4) is 0 Å². The van der Waals surface area contributed by atoms with Crippen LogP contribution in [0.1, 0.15) is 76.2 Å². The Kier molecular flexibility index (Phi) is 9.62. The molecule has 1 saturated heterocycles. The van der Waals surface area contributed by atoms with Gasteiger partial charge in [-0.2, -0.15) is 0 Å². The molecule has 0 bridgehead atoms. The van der Waals surface area contributed by atoms with E-state index in [4.69, 9.17) is 9.57 Å². The summed E-state index contributed by atoms with van der Waals surface area (Å²) in [7, 11) is 0. The number of oxime groups is 1. The summed E-state index contributed by atoms with van der Waals surface area (Å²) in [6.07, 6.45) is 10.7. The van der Waals surface area contributed by atoms with Crippen LogP contribution in [0.2, 0.25) is 0 Å². The minimum Gasteiger partial charge on any atom is -0.479 e. The fraction of sp³-hybridized carbons (Fsp3) is 0.581. The predicted molar refractivity (Wildman–Crippen MR) is 153 cm³/mol. The third-order valence-electron chi connectivity index (χ3n) is 8.80. The molecule has 2 heterocycles. The van der Waals surface area contributed by atoms with E-state index in [0.29, 0.717) is 12.8 Å². The molecule has 3 amide bonds. The van der Waals surface area contributed by atoms with E-state index < -0.39 is 53.4 Å². The van der Waals surface area contributed by atoms with E-state index in [9.17, 15) is 28.7 Å². The molecular weight excluding hydrogens is 559 g/mol. The van der Waals surface area contributed by atoms with E-state index in [1.165, 1.54) is 23.2 Å². The summed E-state index contributed by atoms with van der Waals surface area (Å²) in [4.78, 5) is 59.6. The lowest BCUT2D eigenvalue weighted by Gasteiger charge is -2.29. The number of alkyl carbamates (subject to hydrolysis) is 1. The number of amides is 3. The zero-order chi connectivity index (χ0) is 30.4. The third kappa shape index (κ3) is 7.34. The molecule has 232 valence electrons. The van der Waals surface area contributed by atoms with E-state index in [1.54, 1.807) is 12.1 Å². The summed E-state index contributed by atoms with van der Waals surface area (Å²) in [5, 5.41) is 19.3. The highest BCUT2D eigenvalue weighted by molar-refractivity contribution is 5.96. The summed E-state index contributed by atoms with van der Waals surface area (Å²) >= 11 is 0. The van der Waals surface area contributed by atoms with Crippen LogP contribution in [0.4, 0.5) is 9.18 Å². The average molecular weight is 599 g/mol. The Morgan fingerprint density at radius 3 is 2.63 bits per heavy atom. The van der Waals surface area contributed by atoms with Crippen molar-refractivity contribution in [3.05, 3.63) is 47.8 Å². The predicted octanol–water partition coefficient (Wildman–Crippen LogP) is 3.66. The Morgan fingerprint density at radius 2 is 1.86 bits per heavy atom. The molecule has 1 aromatic rings. The molecule has 1 aromatic carbocycles. The highest BCUT2D eigenvalue weighted by atomic mass is 19.1. The van der Waals surface area contributed by atoms with Crippen molar-refractivity contribution in [2.75, 3.05) is 6.54 Å². The summed E-state index contributed by atoms with van der Waals surface area (Å²) in [6, 6.07) is 4.04. The van der Waals surface area contributed by atoms with Crippen LogP contribution in [0, 0.1) is 11.7 Å². The van der Waals surface area contributed by atoms with E-state index in [0.717, 1.165) is 44.9 Å². The van der Waals surface area contributed by atoms with E-state index in [-0.39, 0.29) is 37.0 Å². The largest absolute Gasteiger partial charge is 0.479 e. The number of aliphatic carboxylic acids is 1. The summed E-state index contributed by atoms with van der Waals surface area (Å²) in [5.41, 5.74) is -1.22. The number of ether oxygens (including phenoxy) is 1. The molecule has 5 atom stereocenters. The first kappa shape index (κ1) is 30.5. The molecule has 2 saturated carbocycles. The number of nitrogens with zero attached hydrogens (tertiary/aromatic N) is 2. The van der Waals surface area contributed by atoms with Gasteiger partial charge in [0.05, 0.1) is 12.8 Å². The van der Waals surface area contributed by atoms with Gasteiger partial charge in [-0.3, -0.25) is 9.59 Å². The van der Waals surface area contributed by atoms with Gasteiger partial charge in [-0.25, -0.2) is 14.0 Å². The van der Waals surface area contributed by atoms with Gasteiger partial charge in [0.2, 0.25) is 11.8 Å². The molecule has 3 fully saturated rings. The van der Waals surface area contributed by atoms with Gasteiger partial charge in [0.1, 0.15) is 35.6 Å². The summed E-state index contributed by atoms with van der Waals surface area (Å²) < 4.78 is 19.6. The average Bonchev–Trinajstić information content (AvgIpc) is 3.27. The molecule has 5 rings (SSSR count). The van der Waals surface area contributed by atoms with Crippen molar-refractivity contribution >= 4 is 30.1 Å². The second-order valence-corrected chi connectivity index (χ2v) is 11.9. The Hall–Kier alpha value is -3.96. The number of carboxylic acids is 1. The first-order valence-electron chi connectivity index (χ1n) is 15.2. The van der Waals surface area contributed by atoms with Crippen molar-refractivity contribution in [3.63, 3.8) is 0 Å². The fourth-order valence-corrected chi connectivity index (χ4v) is 6.22. The number of hydrogen-bond acceptors (Lipinski definition) is 7. The number of carboxylic acid groups (broad SMARTS) is 1. The molecule has 0 radical (unpaired) electrons. The molecule has 2 aliphatic carbocycles. The first-order chi connectivity index (χ1) is 20.8. The summed E-state index contributed by atoms with van der Waals surface area (Å²) in [6.45, 7) is -0.0230. The Bertz CT molecular complexity index is 1270. The van der Waals surface area contributed by atoms with Crippen LogP contribution in [0.25, 0.3) is 0 Å².